The molecule has 25 heavy (non-hydrogen) atoms. The highest BCUT2D eigenvalue weighted by atomic mass is 16.5. The van der Waals surface area contributed by atoms with Crippen molar-refractivity contribution in [3.63, 3.8) is 0 Å². The van der Waals surface area contributed by atoms with Crippen LogP contribution in [0.5, 0.6) is 0 Å². The lowest BCUT2D eigenvalue weighted by Gasteiger charge is -2.28. The molecule has 0 unspecified atom stereocenters. The van der Waals surface area contributed by atoms with Gasteiger partial charge in [0.05, 0.1) is 6.61 Å². The number of hydrogen-bond donors (Lipinski definition) is 3. The minimum absolute atomic E-state index is 0.0196. The fraction of sp³-hybridized carbons (Fsp3) is 0.579. The van der Waals surface area contributed by atoms with Crippen molar-refractivity contribution >= 4 is 17.6 Å². The summed E-state index contributed by atoms with van der Waals surface area (Å²) in [6.07, 6.45) is 0.697. The van der Waals surface area contributed by atoms with Gasteiger partial charge in [-0.05, 0) is 37.3 Å². The van der Waals surface area contributed by atoms with Gasteiger partial charge in [-0.25, -0.2) is 4.79 Å². The van der Waals surface area contributed by atoms with E-state index in [1.165, 1.54) is 0 Å². The number of urea groups is 1. The first-order valence-electron chi connectivity index (χ1n) is 8.49. The smallest absolute Gasteiger partial charge is 0.320 e. The minimum atomic E-state index is -1.02. The number of rotatable bonds is 7. The number of nitrogens with one attached hydrogen (secondary N) is 3. The molecular formula is C19H31N3O3. The van der Waals surface area contributed by atoms with E-state index >= 15 is 0 Å². The van der Waals surface area contributed by atoms with Crippen LogP contribution in [0, 0.1) is 5.41 Å². The summed E-state index contributed by atoms with van der Waals surface area (Å²) in [7, 11) is 1.64. The summed E-state index contributed by atoms with van der Waals surface area (Å²) in [6.45, 7) is 10.6. The summed E-state index contributed by atoms with van der Waals surface area (Å²) in [5, 5.41) is 8.42. The Kier molecular flexibility index (Phi) is 7.42. The molecule has 0 aromatic heterocycles. The van der Waals surface area contributed by atoms with Gasteiger partial charge >= 0.3 is 6.03 Å². The molecule has 140 valence electrons. The van der Waals surface area contributed by atoms with Crippen molar-refractivity contribution in [1.82, 2.24) is 10.6 Å². The van der Waals surface area contributed by atoms with Gasteiger partial charge in [0.15, 0.2) is 0 Å². The van der Waals surface area contributed by atoms with Gasteiger partial charge in [-0.1, -0.05) is 39.0 Å². The van der Waals surface area contributed by atoms with Crippen LogP contribution in [0.2, 0.25) is 0 Å². The second-order valence-electron chi connectivity index (χ2n) is 7.85. The van der Waals surface area contributed by atoms with Gasteiger partial charge in [0, 0.05) is 19.3 Å². The molecule has 0 aliphatic rings. The number of benzene rings is 1. The summed E-state index contributed by atoms with van der Waals surface area (Å²) < 4.78 is 5.09. The summed E-state index contributed by atoms with van der Waals surface area (Å²) in [5.41, 5.74) is 0.655. The molecule has 1 rings (SSSR count). The number of amides is 3. The molecular weight excluding hydrogens is 318 g/mol. The van der Waals surface area contributed by atoms with Crippen LogP contribution in [0.15, 0.2) is 24.3 Å². The predicted molar refractivity (Wildman–Crippen MR) is 101 cm³/mol. The first kappa shape index (κ1) is 21.0. The third kappa shape index (κ3) is 7.56. The van der Waals surface area contributed by atoms with Crippen molar-refractivity contribution in [2.45, 2.75) is 46.6 Å². The predicted octanol–water partition coefficient (Wildman–Crippen LogP) is 2.94. The van der Waals surface area contributed by atoms with E-state index in [4.69, 9.17) is 4.74 Å². The molecule has 1 aromatic carbocycles. The van der Waals surface area contributed by atoms with Crippen LogP contribution in [0.25, 0.3) is 0 Å². The quantitative estimate of drug-likeness (QED) is 0.708. The van der Waals surface area contributed by atoms with Gasteiger partial charge < -0.3 is 20.7 Å². The molecule has 6 heteroatoms. The molecule has 0 heterocycles. The van der Waals surface area contributed by atoms with Crippen LogP contribution in [0.3, 0.4) is 0 Å². The van der Waals surface area contributed by atoms with Crippen molar-refractivity contribution in [2.24, 2.45) is 5.41 Å². The lowest BCUT2D eigenvalue weighted by molar-refractivity contribution is -0.126. The normalized spacial score (nSPS) is 11.8. The highest BCUT2D eigenvalue weighted by Gasteiger charge is 2.30. The molecule has 0 saturated carbocycles. The largest absolute Gasteiger partial charge is 0.384 e. The van der Waals surface area contributed by atoms with Crippen molar-refractivity contribution in [2.75, 3.05) is 25.6 Å². The van der Waals surface area contributed by atoms with Gasteiger partial charge in [-0.3, -0.25) is 4.79 Å². The molecule has 0 atom stereocenters. The van der Waals surface area contributed by atoms with E-state index in [1.807, 2.05) is 45.0 Å². The Morgan fingerprint density at radius 2 is 1.72 bits per heavy atom. The molecule has 0 spiro atoms. The fourth-order valence-corrected chi connectivity index (χ4v) is 2.13. The van der Waals surface area contributed by atoms with Crippen molar-refractivity contribution in [3.8, 4) is 0 Å². The van der Waals surface area contributed by atoms with Gasteiger partial charge in [0.1, 0.15) is 5.54 Å². The Bertz CT molecular complexity index is 592. The van der Waals surface area contributed by atoms with Crippen LogP contribution >= 0.6 is 0 Å². The summed E-state index contributed by atoms with van der Waals surface area (Å²) in [6, 6.07) is 7.12. The molecule has 0 aliphatic heterocycles. The lowest BCUT2D eigenvalue weighted by atomic mass is 9.96. The summed E-state index contributed by atoms with van der Waals surface area (Å²) in [4.78, 5) is 24.7. The van der Waals surface area contributed by atoms with Crippen LogP contribution < -0.4 is 16.0 Å². The van der Waals surface area contributed by atoms with E-state index in [2.05, 4.69) is 16.0 Å². The maximum atomic E-state index is 12.3. The Morgan fingerprint density at radius 1 is 1.08 bits per heavy atom. The van der Waals surface area contributed by atoms with Crippen molar-refractivity contribution in [1.29, 1.82) is 0 Å². The highest BCUT2D eigenvalue weighted by Crippen LogP contribution is 2.16. The molecule has 1 aromatic rings. The maximum absolute atomic E-state index is 12.3. The van der Waals surface area contributed by atoms with Crippen molar-refractivity contribution < 1.29 is 14.3 Å². The zero-order valence-corrected chi connectivity index (χ0v) is 16.2. The highest BCUT2D eigenvalue weighted by molar-refractivity contribution is 5.96. The zero-order chi connectivity index (χ0) is 19.1. The van der Waals surface area contributed by atoms with E-state index in [9.17, 15) is 9.59 Å². The third-order valence-electron chi connectivity index (χ3n) is 3.61. The molecule has 0 saturated heterocycles. The third-order valence-corrected chi connectivity index (χ3v) is 3.61. The summed E-state index contributed by atoms with van der Waals surface area (Å²) in [5.74, 6) is -0.217. The van der Waals surface area contributed by atoms with Gasteiger partial charge in [0.25, 0.3) is 0 Å². The van der Waals surface area contributed by atoms with E-state index in [-0.39, 0.29) is 11.3 Å². The Morgan fingerprint density at radius 3 is 2.32 bits per heavy atom. The molecule has 3 amide bonds. The molecule has 0 bridgehead atoms. The lowest BCUT2D eigenvalue weighted by Crippen LogP contribution is -2.56. The van der Waals surface area contributed by atoms with E-state index < -0.39 is 11.6 Å². The Labute approximate surface area is 150 Å². The zero-order valence-electron chi connectivity index (χ0n) is 16.2. The van der Waals surface area contributed by atoms with Crippen LogP contribution in [0.4, 0.5) is 10.5 Å². The van der Waals surface area contributed by atoms with Gasteiger partial charge in [-0.2, -0.15) is 0 Å². The fourth-order valence-electron chi connectivity index (χ4n) is 2.13. The molecule has 0 radical (unpaired) electrons. The number of anilines is 1. The Balaban J connectivity index is 2.67. The van der Waals surface area contributed by atoms with Crippen LogP contribution in [-0.2, 0) is 16.0 Å². The monoisotopic (exact) mass is 349 g/mol. The number of methoxy groups -OCH3 is 1. The average molecular weight is 349 g/mol. The minimum Gasteiger partial charge on any atom is -0.384 e. The second-order valence-corrected chi connectivity index (χ2v) is 7.85. The average Bonchev–Trinajstić information content (AvgIpc) is 2.50. The first-order valence-corrected chi connectivity index (χ1v) is 8.49. The van der Waals surface area contributed by atoms with E-state index in [0.29, 0.717) is 25.3 Å². The molecule has 0 aliphatic carbocycles. The van der Waals surface area contributed by atoms with Crippen molar-refractivity contribution in [3.05, 3.63) is 29.8 Å². The van der Waals surface area contributed by atoms with E-state index in [1.54, 1.807) is 21.0 Å². The first-order chi connectivity index (χ1) is 11.5. The summed E-state index contributed by atoms with van der Waals surface area (Å²) >= 11 is 0. The van der Waals surface area contributed by atoms with Gasteiger partial charge in [-0.15, -0.1) is 0 Å². The second kappa shape index (κ2) is 8.85. The van der Waals surface area contributed by atoms with Crippen LogP contribution in [-0.4, -0.2) is 37.7 Å². The Hall–Kier alpha value is -2.08. The molecule has 3 N–H and O–H groups in total. The maximum Gasteiger partial charge on any atom is 0.320 e. The van der Waals surface area contributed by atoms with E-state index in [0.717, 1.165) is 5.56 Å². The number of carbonyl (C=O) groups excluding carboxylic acids is 2. The number of carbonyl (C=O) groups is 2. The standard InChI is InChI=1S/C19H31N3O3/c1-18(2,3)13-20-16(23)19(4,5)22-17(24)21-15-10-8-7-9-14(15)11-12-25-6/h7-10H,11-13H2,1-6H3,(H,20,23)(H2,21,22,24). The SMILES string of the molecule is COCCc1ccccc1NC(=O)NC(C)(C)C(=O)NCC(C)(C)C. The topological polar surface area (TPSA) is 79.5 Å². The number of hydrogen-bond acceptors (Lipinski definition) is 3. The van der Waals surface area contributed by atoms with Crippen LogP contribution in [0.1, 0.15) is 40.2 Å². The number of ether oxygens (including phenoxy) is 1. The van der Waals surface area contributed by atoms with Gasteiger partial charge in [0.2, 0.25) is 5.91 Å². The number of para-hydroxylation sites is 1. The molecule has 0 fully saturated rings. The molecule has 6 nitrogen and oxygen atoms in total.